The molecule has 2 aromatic rings. The molecule has 0 aliphatic rings. The maximum absolute atomic E-state index is 12.8. The standard InChI is InChI=1S/C29H37N3O6/c1-37-27(34)17-9-4-10-20-30-28(35)25(32-26(33)19-18-23-12-5-2-6-13-23)16-11-21-31-29(36)38-22-24-14-7-3-8-15-24/h2-3,5-8,12-15,18-19,25H,4,9-11,16-17,20-22H2,1H3,(H,30,35)(H,31,36)(H,32,33)/b19-18+/t25-/m0/s1. The summed E-state index contributed by atoms with van der Waals surface area (Å²) in [7, 11) is 1.36. The van der Waals surface area contributed by atoms with E-state index in [1.807, 2.05) is 60.7 Å². The average molecular weight is 524 g/mol. The van der Waals surface area contributed by atoms with Crippen LogP contribution in [0.3, 0.4) is 0 Å². The summed E-state index contributed by atoms with van der Waals surface area (Å²) >= 11 is 0. The number of carbonyl (C=O) groups is 4. The number of alkyl carbamates (subject to hydrolysis) is 1. The summed E-state index contributed by atoms with van der Waals surface area (Å²) in [6.07, 6.45) is 5.80. The third-order valence-electron chi connectivity index (χ3n) is 5.60. The first-order valence-corrected chi connectivity index (χ1v) is 12.8. The van der Waals surface area contributed by atoms with E-state index in [1.165, 1.54) is 13.2 Å². The zero-order valence-electron chi connectivity index (χ0n) is 21.8. The topological polar surface area (TPSA) is 123 Å². The van der Waals surface area contributed by atoms with Gasteiger partial charge in [0.25, 0.3) is 0 Å². The van der Waals surface area contributed by atoms with E-state index in [0.717, 1.165) is 17.5 Å². The Bertz CT molecular complexity index is 1030. The van der Waals surface area contributed by atoms with Gasteiger partial charge in [-0.1, -0.05) is 67.1 Å². The Kier molecular flexibility index (Phi) is 14.4. The van der Waals surface area contributed by atoms with Crippen LogP contribution >= 0.6 is 0 Å². The van der Waals surface area contributed by atoms with E-state index in [-0.39, 0.29) is 24.4 Å². The Hall–Kier alpha value is -4.14. The third kappa shape index (κ3) is 13.2. The number of carbonyl (C=O) groups excluding carboxylic acids is 4. The van der Waals surface area contributed by atoms with Gasteiger partial charge in [-0.3, -0.25) is 14.4 Å². The van der Waals surface area contributed by atoms with Crippen LogP contribution in [0.5, 0.6) is 0 Å². The fourth-order valence-electron chi connectivity index (χ4n) is 3.50. The molecule has 2 rings (SSSR count). The lowest BCUT2D eigenvalue weighted by Crippen LogP contribution is -2.46. The Morgan fingerprint density at radius 1 is 0.842 bits per heavy atom. The van der Waals surface area contributed by atoms with Gasteiger partial charge in [-0.15, -0.1) is 0 Å². The zero-order chi connectivity index (χ0) is 27.4. The van der Waals surface area contributed by atoms with E-state index >= 15 is 0 Å². The summed E-state index contributed by atoms with van der Waals surface area (Å²) in [5.41, 5.74) is 1.75. The number of unbranched alkanes of at least 4 members (excludes halogenated alkanes) is 2. The van der Waals surface area contributed by atoms with Crippen LogP contribution in [0.2, 0.25) is 0 Å². The summed E-state index contributed by atoms with van der Waals surface area (Å²) in [6, 6.07) is 18.0. The fraction of sp³-hybridized carbons (Fsp3) is 0.379. The van der Waals surface area contributed by atoms with Crippen molar-refractivity contribution in [3.63, 3.8) is 0 Å². The predicted octanol–water partition coefficient (Wildman–Crippen LogP) is 3.74. The highest BCUT2D eigenvalue weighted by atomic mass is 16.5. The predicted molar refractivity (Wildman–Crippen MR) is 145 cm³/mol. The van der Waals surface area contributed by atoms with E-state index in [1.54, 1.807) is 6.08 Å². The zero-order valence-corrected chi connectivity index (χ0v) is 21.8. The van der Waals surface area contributed by atoms with Gasteiger partial charge in [0.15, 0.2) is 0 Å². The largest absolute Gasteiger partial charge is 0.469 e. The molecule has 0 spiro atoms. The molecule has 0 radical (unpaired) electrons. The molecule has 3 amide bonds. The lowest BCUT2D eigenvalue weighted by Gasteiger charge is -2.18. The number of hydrogen-bond acceptors (Lipinski definition) is 6. The lowest BCUT2D eigenvalue weighted by atomic mass is 10.1. The van der Waals surface area contributed by atoms with E-state index in [2.05, 4.69) is 20.7 Å². The Balaban J connectivity index is 1.79. The molecule has 0 aromatic heterocycles. The summed E-state index contributed by atoms with van der Waals surface area (Å²) in [5.74, 6) is -0.939. The van der Waals surface area contributed by atoms with Crippen molar-refractivity contribution in [1.82, 2.24) is 16.0 Å². The van der Waals surface area contributed by atoms with Crippen molar-refractivity contribution in [2.45, 2.75) is 51.2 Å². The number of ether oxygens (including phenoxy) is 2. The van der Waals surface area contributed by atoms with Crippen LogP contribution in [0.15, 0.2) is 66.7 Å². The van der Waals surface area contributed by atoms with Crippen molar-refractivity contribution in [2.24, 2.45) is 0 Å². The van der Waals surface area contributed by atoms with Gasteiger partial charge in [-0.25, -0.2) is 4.79 Å². The maximum Gasteiger partial charge on any atom is 0.407 e. The number of methoxy groups -OCH3 is 1. The number of amides is 3. The minimum absolute atomic E-state index is 0.168. The number of rotatable bonds is 16. The summed E-state index contributed by atoms with van der Waals surface area (Å²) < 4.78 is 9.81. The minimum Gasteiger partial charge on any atom is -0.469 e. The Labute approximate surface area is 224 Å². The highest BCUT2D eigenvalue weighted by Crippen LogP contribution is 2.04. The maximum atomic E-state index is 12.8. The minimum atomic E-state index is -0.764. The molecule has 3 N–H and O–H groups in total. The SMILES string of the molecule is COC(=O)CCCCCNC(=O)[C@H](CCCNC(=O)OCc1ccccc1)NC(=O)/C=C/c1ccccc1. The second-order valence-corrected chi connectivity index (χ2v) is 8.61. The van der Waals surface area contributed by atoms with Crippen molar-refractivity contribution in [1.29, 1.82) is 0 Å². The van der Waals surface area contributed by atoms with Gasteiger partial charge in [0.05, 0.1) is 7.11 Å². The monoisotopic (exact) mass is 523 g/mol. The molecule has 2 aromatic carbocycles. The molecule has 9 heteroatoms. The number of esters is 1. The summed E-state index contributed by atoms with van der Waals surface area (Å²) in [5, 5.41) is 8.27. The number of hydrogen-bond donors (Lipinski definition) is 3. The van der Waals surface area contributed by atoms with Gasteiger partial charge < -0.3 is 25.4 Å². The Morgan fingerprint density at radius 2 is 1.53 bits per heavy atom. The van der Waals surface area contributed by atoms with Crippen molar-refractivity contribution in [3.8, 4) is 0 Å². The Morgan fingerprint density at radius 3 is 2.24 bits per heavy atom. The van der Waals surface area contributed by atoms with Gasteiger partial charge in [-0.05, 0) is 42.9 Å². The number of nitrogens with one attached hydrogen (secondary N) is 3. The smallest absolute Gasteiger partial charge is 0.407 e. The molecule has 38 heavy (non-hydrogen) atoms. The molecule has 0 saturated heterocycles. The van der Waals surface area contributed by atoms with E-state index in [9.17, 15) is 19.2 Å². The molecule has 0 unspecified atom stereocenters. The first-order valence-electron chi connectivity index (χ1n) is 12.8. The van der Waals surface area contributed by atoms with E-state index in [4.69, 9.17) is 4.74 Å². The van der Waals surface area contributed by atoms with Crippen molar-refractivity contribution < 1.29 is 28.7 Å². The molecule has 1 atom stereocenters. The molecule has 0 bridgehead atoms. The molecular weight excluding hydrogens is 486 g/mol. The molecule has 0 aliphatic heterocycles. The van der Waals surface area contributed by atoms with Crippen LogP contribution in [0.1, 0.15) is 49.7 Å². The van der Waals surface area contributed by atoms with E-state index < -0.39 is 12.1 Å². The highest BCUT2D eigenvalue weighted by molar-refractivity contribution is 5.95. The summed E-state index contributed by atoms with van der Waals surface area (Å²) in [4.78, 5) is 48.4. The molecule has 204 valence electrons. The van der Waals surface area contributed by atoms with Crippen molar-refractivity contribution >= 4 is 30.0 Å². The summed E-state index contributed by atoms with van der Waals surface area (Å²) in [6.45, 7) is 0.887. The van der Waals surface area contributed by atoms with Crippen LogP contribution < -0.4 is 16.0 Å². The highest BCUT2D eigenvalue weighted by Gasteiger charge is 2.19. The second kappa shape index (κ2) is 18.2. The molecule has 0 saturated carbocycles. The lowest BCUT2D eigenvalue weighted by molar-refractivity contribution is -0.140. The molecular formula is C29H37N3O6. The van der Waals surface area contributed by atoms with Crippen LogP contribution in [-0.4, -0.2) is 50.1 Å². The first kappa shape index (κ1) is 30.1. The van der Waals surface area contributed by atoms with Gasteiger partial charge in [0.2, 0.25) is 11.8 Å². The number of benzene rings is 2. The first-order chi connectivity index (χ1) is 18.5. The van der Waals surface area contributed by atoms with Crippen LogP contribution in [-0.2, 0) is 30.5 Å². The quantitative estimate of drug-likeness (QED) is 0.175. The molecule has 0 fully saturated rings. The molecule has 0 heterocycles. The van der Waals surface area contributed by atoms with Gasteiger partial charge >= 0.3 is 12.1 Å². The fourth-order valence-corrected chi connectivity index (χ4v) is 3.50. The van der Waals surface area contributed by atoms with Crippen molar-refractivity contribution in [3.05, 3.63) is 77.9 Å². The van der Waals surface area contributed by atoms with Gasteiger partial charge in [0.1, 0.15) is 12.6 Å². The normalized spacial score (nSPS) is 11.4. The van der Waals surface area contributed by atoms with Gasteiger partial charge in [-0.2, -0.15) is 0 Å². The van der Waals surface area contributed by atoms with Crippen LogP contribution in [0.25, 0.3) is 6.08 Å². The molecule has 9 nitrogen and oxygen atoms in total. The molecule has 0 aliphatic carbocycles. The van der Waals surface area contributed by atoms with Crippen LogP contribution in [0.4, 0.5) is 4.79 Å². The second-order valence-electron chi connectivity index (χ2n) is 8.61. The average Bonchev–Trinajstić information content (AvgIpc) is 2.95. The van der Waals surface area contributed by atoms with Crippen molar-refractivity contribution in [2.75, 3.05) is 20.2 Å². The third-order valence-corrected chi connectivity index (χ3v) is 5.60. The van der Waals surface area contributed by atoms with Gasteiger partial charge in [0, 0.05) is 25.6 Å². The van der Waals surface area contributed by atoms with E-state index in [0.29, 0.717) is 45.2 Å². The van der Waals surface area contributed by atoms with Crippen LogP contribution in [0, 0.1) is 0 Å².